The Balaban J connectivity index is 1.91. The summed E-state index contributed by atoms with van der Waals surface area (Å²) in [5, 5.41) is 5.80. The van der Waals surface area contributed by atoms with Gasteiger partial charge in [-0.2, -0.15) is 18.2 Å². The minimum absolute atomic E-state index is 0.00724. The summed E-state index contributed by atoms with van der Waals surface area (Å²) >= 11 is 2.93. The highest BCUT2D eigenvalue weighted by molar-refractivity contribution is 9.10. The van der Waals surface area contributed by atoms with E-state index in [1.807, 2.05) is 0 Å². The summed E-state index contributed by atoms with van der Waals surface area (Å²) in [6.07, 6.45) is -2.26. The van der Waals surface area contributed by atoms with Crippen LogP contribution in [0.2, 0.25) is 0 Å². The smallest absolute Gasteiger partial charge is 0.357 e. The second-order valence-corrected chi connectivity index (χ2v) is 6.20. The lowest BCUT2D eigenvalue weighted by molar-refractivity contribution is -0.138. The van der Waals surface area contributed by atoms with Gasteiger partial charge in [0.15, 0.2) is 0 Å². The van der Waals surface area contributed by atoms with Gasteiger partial charge in [0.1, 0.15) is 5.82 Å². The number of hydrogen-bond donors (Lipinski definition) is 2. The van der Waals surface area contributed by atoms with Crippen molar-refractivity contribution < 1.29 is 13.2 Å². The molecular weight excluding hydrogens is 373 g/mol. The zero-order valence-corrected chi connectivity index (χ0v) is 13.8. The van der Waals surface area contributed by atoms with Gasteiger partial charge in [-0.3, -0.25) is 0 Å². The summed E-state index contributed by atoms with van der Waals surface area (Å²) in [6, 6.07) is 5.78. The molecule has 0 saturated heterocycles. The van der Waals surface area contributed by atoms with E-state index < -0.39 is 11.7 Å². The Bertz CT molecular complexity index is 729. The number of hydrogen-bond acceptors (Lipinski definition) is 4. The van der Waals surface area contributed by atoms with Crippen LogP contribution in [0.1, 0.15) is 30.0 Å². The van der Waals surface area contributed by atoms with Gasteiger partial charge in [0.25, 0.3) is 0 Å². The molecule has 1 aliphatic carbocycles. The zero-order valence-electron chi connectivity index (χ0n) is 12.2. The molecule has 1 aromatic carbocycles. The third kappa shape index (κ3) is 3.74. The maximum atomic E-state index is 13.0. The Kier molecular flexibility index (Phi) is 4.18. The van der Waals surface area contributed by atoms with Crippen LogP contribution >= 0.6 is 15.9 Å². The highest BCUT2D eigenvalue weighted by atomic mass is 79.9. The Labute approximate surface area is 139 Å². The lowest BCUT2D eigenvalue weighted by atomic mass is 10.2. The van der Waals surface area contributed by atoms with Crippen LogP contribution in [0.3, 0.4) is 0 Å². The van der Waals surface area contributed by atoms with Crippen molar-refractivity contribution in [2.75, 3.05) is 17.7 Å². The predicted octanol–water partition coefficient (Wildman–Crippen LogP) is 4.92. The van der Waals surface area contributed by atoms with Gasteiger partial charge in [0.2, 0.25) is 5.95 Å². The highest BCUT2D eigenvalue weighted by Gasteiger charge is 2.33. The number of nitrogens with zero attached hydrogens (tertiary/aromatic N) is 2. The predicted molar refractivity (Wildman–Crippen MR) is 86.0 cm³/mol. The van der Waals surface area contributed by atoms with E-state index in [1.165, 1.54) is 6.07 Å². The SMILES string of the molecule is CNc1nc(Nc2ccc(Br)c(C(F)(F)F)c2)cc(C2CC2)n1. The molecule has 1 aromatic heterocycles. The van der Waals surface area contributed by atoms with E-state index in [4.69, 9.17) is 0 Å². The van der Waals surface area contributed by atoms with Gasteiger partial charge < -0.3 is 10.6 Å². The molecule has 8 heteroatoms. The standard InChI is InChI=1S/C15H14BrF3N4/c1-20-14-22-12(8-2-3-8)7-13(23-14)21-9-4-5-11(16)10(6-9)15(17,18)19/h4-8H,2-3H2,1H3,(H2,20,21,22,23). The largest absolute Gasteiger partial charge is 0.417 e. The minimum Gasteiger partial charge on any atom is -0.357 e. The first-order valence-corrected chi connectivity index (χ1v) is 7.86. The molecule has 23 heavy (non-hydrogen) atoms. The minimum atomic E-state index is -4.42. The van der Waals surface area contributed by atoms with Crippen molar-refractivity contribution in [1.82, 2.24) is 9.97 Å². The Hall–Kier alpha value is -1.83. The molecule has 2 aromatic rings. The van der Waals surface area contributed by atoms with Crippen LogP contribution in [0.5, 0.6) is 0 Å². The van der Waals surface area contributed by atoms with Gasteiger partial charge in [-0.05, 0) is 31.0 Å². The molecule has 0 atom stereocenters. The third-order valence-electron chi connectivity index (χ3n) is 3.51. The first kappa shape index (κ1) is 16.0. The molecular formula is C15H14BrF3N4. The van der Waals surface area contributed by atoms with E-state index in [1.54, 1.807) is 19.2 Å². The van der Waals surface area contributed by atoms with Gasteiger partial charge in [0.05, 0.1) is 11.3 Å². The number of halogens is 4. The van der Waals surface area contributed by atoms with Crippen LogP contribution < -0.4 is 10.6 Å². The zero-order chi connectivity index (χ0) is 16.6. The van der Waals surface area contributed by atoms with E-state index in [0.29, 0.717) is 23.4 Å². The van der Waals surface area contributed by atoms with Crippen molar-refractivity contribution in [2.45, 2.75) is 24.9 Å². The van der Waals surface area contributed by atoms with Crippen molar-refractivity contribution in [1.29, 1.82) is 0 Å². The van der Waals surface area contributed by atoms with E-state index in [2.05, 4.69) is 36.5 Å². The number of anilines is 3. The molecule has 2 N–H and O–H groups in total. The maximum Gasteiger partial charge on any atom is 0.417 e. The summed E-state index contributed by atoms with van der Waals surface area (Å²) in [6.45, 7) is 0. The van der Waals surface area contributed by atoms with Crippen molar-refractivity contribution in [2.24, 2.45) is 0 Å². The Morgan fingerprint density at radius 3 is 2.52 bits per heavy atom. The molecule has 1 heterocycles. The average Bonchev–Trinajstić information content (AvgIpc) is 3.32. The normalized spacial score (nSPS) is 14.7. The number of aromatic nitrogens is 2. The number of benzene rings is 1. The van der Waals surface area contributed by atoms with Gasteiger partial charge in [0, 0.05) is 29.2 Å². The summed E-state index contributed by atoms with van der Waals surface area (Å²) < 4.78 is 38.9. The molecule has 1 saturated carbocycles. The second kappa shape index (κ2) is 5.99. The van der Waals surface area contributed by atoms with Gasteiger partial charge in [-0.25, -0.2) is 4.98 Å². The highest BCUT2D eigenvalue weighted by Crippen LogP contribution is 2.40. The third-order valence-corrected chi connectivity index (χ3v) is 4.20. The fourth-order valence-electron chi connectivity index (χ4n) is 2.20. The van der Waals surface area contributed by atoms with Gasteiger partial charge >= 0.3 is 6.18 Å². The van der Waals surface area contributed by atoms with Crippen molar-refractivity contribution in [3.05, 3.63) is 40.0 Å². The Morgan fingerprint density at radius 1 is 1.17 bits per heavy atom. The molecule has 0 spiro atoms. The first-order chi connectivity index (χ1) is 10.9. The van der Waals surface area contributed by atoms with Crippen LogP contribution in [-0.2, 0) is 6.18 Å². The van der Waals surface area contributed by atoms with Crippen LogP contribution in [0.25, 0.3) is 0 Å². The molecule has 0 amide bonds. The van der Waals surface area contributed by atoms with E-state index in [9.17, 15) is 13.2 Å². The maximum absolute atomic E-state index is 13.0. The summed E-state index contributed by atoms with van der Waals surface area (Å²) in [5.41, 5.74) is 0.496. The molecule has 0 bridgehead atoms. The molecule has 0 unspecified atom stereocenters. The molecule has 0 radical (unpaired) electrons. The van der Waals surface area contributed by atoms with Crippen LogP contribution in [0.4, 0.5) is 30.6 Å². The summed E-state index contributed by atoms with van der Waals surface area (Å²) in [7, 11) is 1.71. The second-order valence-electron chi connectivity index (χ2n) is 5.34. The van der Waals surface area contributed by atoms with Crippen LogP contribution in [0.15, 0.2) is 28.7 Å². The average molecular weight is 387 g/mol. The van der Waals surface area contributed by atoms with Crippen molar-refractivity contribution >= 4 is 33.4 Å². The fraction of sp³-hybridized carbons (Fsp3) is 0.333. The van der Waals surface area contributed by atoms with E-state index in [-0.39, 0.29) is 4.47 Å². The Morgan fingerprint density at radius 2 is 1.91 bits per heavy atom. The number of rotatable bonds is 4. The lowest BCUT2D eigenvalue weighted by Gasteiger charge is -2.13. The monoisotopic (exact) mass is 386 g/mol. The van der Waals surface area contributed by atoms with Crippen molar-refractivity contribution in [3.8, 4) is 0 Å². The molecule has 1 fully saturated rings. The van der Waals surface area contributed by atoms with Crippen molar-refractivity contribution in [3.63, 3.8) is 0 Å². The number of nitrogens with one attached hydrogen (secondary N) is 2. The van der Waals surface area contributed by atoms with Crippen LogP contribution in [-0.4, -0.2) is 17.0 Å². The molecule has 4 nitrogen and oxygen atoms in total. The summed E-state index contributed by atoms with van der Waals surface area (Å²) in [4.78, 5) is 8.62. The van der Waals surface area contributed by atoms with E-state index in [0.717, 1.165) is 24.6 Å². The summed E-state index contributed by atoms with van der Waals surface area (Å²) in [5.74, 6) is 1.34. The fourth-order valence-corrected chi connectivity index (χ4v) is 2.67. The molecule has 1 aliphatic rings. The molecule has 3 rings (SSSR count). The van der Waals surface area contributed by atoms with Crippen LogP contribution in [0, 0.1) is 0 Å². The van der Waals surface area contributed by atoms with Gasteiger partial charge in [-0.15, -0.1) is 0 Å². The molecule has 0 aliphatic heterocycles. The first-order valence-electron chi connectivity index (χ1n) is 7.07. The molecule has 122 valence electrons. The number of alkyl halides is 3. The van der Waals surface area contributed by atoms with E-state index >= 15 is 0 Å². The lowest BCUT2D eigenvalue weighted by Crippen LogP contribution is -2.07. The van der Waals surface area contributed by atoms with Gasteiger partial charge in [-0.1, -0.05) is 15.9 Å². The topological polar surface area (TPSA) is 49.8 Å². The quantitative estimate of drug-likeness (QED) is 0.782.